The monoisotopic (exact) mass is 360 g/mol. The number of hydrogen-bond acceptors (Lipinski definition) is 4. The zero-order valence-corrected chi connectivity index (χ0v) is 15.0. The summed E-state index contributed by atoms with van der Waals surface area (Å²) in [6, 6.07) is 8.53. The lowest BCUT2D eigenvalue weighted by atomic mass is 10.1. The van der Waals surface area contributed by atoms with Crippen molar-refractivity contribution >= 4 is 34.4 Å². The van der Waals surface area contributed by atoms with Crippen molar-refractivity contribution in [3.63, 3.8) is 0 Å². The maximum atomic E-state index is 12.5. The number of likely N-dealkylation sites (tertiary alicyclic amines) is 1. The van der Waals surface area contributed by atoms with Crippen molar-refractivity contribution in [3.8, 4) is 0 Å². The molecule has 2 heterocycles. The van der Waals surface area contributed by atoms with E-state index in [2.05, 4.69) is 4.98 Å². The molecule has 1 aliphatic rings. The van der Waals surface area contributed by atoms with Gasteiger partial charge in [0, 0.05) is 18.5 Å². The Labute approximate surface area is 151 Å². The highest BCUT2D eigenvalue weighted by Gasteiger charge is 2.25. The first kappa shape index (κ1) is 17.7. The van der Waals surface area contributed by atoms with Crippen LogP contribution in [0.1, 0.15) is 43.0 Å². The lowest BCUT2D eigenvalue weighted by molar-refractivity contribution is -0.139. The molecule has 5 nitrogen and oxygen atoms in total. The molecule has 0 saturated carbocycles. The first-order valence-corrected chi connectivity index (χ1v) is 8.98. The molecule has 0 aliphatic carbocycles. The molecule has 1 aromatic carbocycles. The average molecular weight is 361 g/mol. The number of rotatable bonds is 3. The number of fused-ring (bicyclic) bond motifs is 1. The predicted octanol–water partition coefficient (Wildman–Crippen LogP) is 3.84. The smallest absolute Gasteiger partial charge is 0.338 e. The highest BCUT2D eigenvalue weighted by molar-refractivity contribution is 6.29. The molecule has 1 aliphatic heterocycles. The number of halogens is 1. The van der Waals surface area contributed by atoms with E-state index in [0.29, 0.717) is 16.2 Å². The van der Waals surface area contributed by atoms with Crippen LogP contribution in [-0.4, -0.2) is 41.0 Å². The van der Waals surface area contributed by atoms with E-state index in [4.69, 9.17) is 16.3 Å². The number of carbonyl (C=O) groups is 2. The summed E-state index contributed by atoms with van der Waals surface area (Å²) in [5.74, 6) is -0.628. The number of carbonyl (C=O) groups excluding carboxylic acids is 2. The Hall–Kier alpha value is -2.14. The molecule has 6 heteroatoms. The van der Waals surface area contributed by atoms with Crippen molar-refractivity contribution in [1.29, 1.82) is 0 Å². The van der Waals surface area contributed by atoms with Gasteiger partial charge in [0.25, 0.3) is 5.91 Å². The van der Waals surface area contributed by atoms with Crippen molar-refractivity contribution in [2.24, 2.45) is 0 Å². The summed E-state index contributed by atoms with van der Waals surface area (Å²) in [5.41, 5.74) is 1.10. The molecule has 3 rings (SSSR count). The Morgan fingerprint density at radius 3 is 2.56 bits per heavy atom. The quantitative estimate of drug-likeness (QED) is 0.616. The Balaban J connectivity index is 1.68. The van der Waals surface area contributed by atoms with Crippen LogP contribution in [-0.2, 0) is 9.53 Å². The second kappa shape index (κ2) is 7.83. The predicted molar refractivity (Wildman–Crippen MR) is 96.7 cm³/mol. The maximum absolute atomic E-state index is 12.5. The molecule has 1 fully saturated rings. The van der Waals surface area contributed by atoms with E-state index in [0.717, 1.165) is 44.2 Å². The third-order valence-corrected chi connectivity index (χ3v) is 4.65. The molecule has 1 unspecified atom stereocenters. The van der Waals surface area contributed by atoms with Gasteiger partial charge in [-0.15, -0.1) is 0 Å². The second-order valence-corrected chi connectivity index (χ2v) is 6.72. The molecule has 0 spiro atoms. The topological polar surface area (TPSA) is 59.5 Å². The molecule has 132 valence electrons. The first-order chi connectivity index (χ1) is 12.0. The zero-order valence-electron chi connectivity index (χ0n) is 14.2. The molecule has 25 heavy (non-hydrogen) atoms. The van der Waals surface area contributed by atoms with Gasteiger partial charge in [-0.3, -0.25) is 4.79 Å². The number of hydrogen-bond donors (Lipinski definition) is 0. The third kappa shape index (κ3) is 4.28. The molecule has 0 radical (unpaired) electrons. The maximum Gasteiger partial charge on any atom is 0.338 e. The van der Waals surface area contributed by atoms with Gasteiger partial charge in [-0.05, 0) is 50.1 Å². The minimum absolute atomic E-state index is 0.121. The van der Waals surface area contributed by atoms with E-state index in [1.807, 2.05) is 0 Å². The van der Waals surface area contributed by atoms with Gasteiger partial charge in [-0.2, -0.15) is 0 Å². The number of aromatic nitrogens is 1. The van der Waals surface area contributed by atoms with Crippen LogP contribution in [0.3, 0.4) is 0 Å². The number of benzene rings is 1. The average Bonchev–Trinajstić information content (AvgIpc) is 2.89. The normalized spacial score (nSPS) is 16.3. The molecule has 2 aromatic rings. The standard InChI is InChI=1S/C19H21ClN2O3/c1-13(18(23)22-10-4-2-3-5-11-22)25-19(24)15-6-8-16-14(12-15)7-9-17(20)21-16/h6-9,12-13H,2-5,10-11H2,1H3. The molecular weight excluding hydrogens is 340 g/mol. The van der Waals surface area contributed by atoms with Crippen molar-refractivity contribution in [2.75, 3.05) is 13.1 Å². The van der Waals surface area contributed by atoms with Gasteiger partial charge in [0.2, 0.25) is 0 Å². The van der Waals surface area contributed by atoms with Gasteiger partial charge < -0.3 is 9.64 Å². The van der Waals surface area contributed by atoms with E-state index >= 15 is 0 Å². The summed E-state index contributed by atoms with van der Waals surface area (Å²) in [4.78, 5) is 30.9. The Kier molecular flexibility index (Phi) is 5.53. The first-order valence-electron chi connectivity index (χ1n) is 8.61. The van der Waals surface area contributed by atoms with Crippen LogP contribution >= 0.6 is 11.6 Å². The summed E-state index contributed by atoms with van der Waals surface area (Å²) in [6.45, 7) is 3.11. The van der Waals surface area contributed by atoms with Gasteiger partial charge in [-0.25, -0.2) is 9.78 Å². The van der Waals surface area contributed by atoms with Crippen molar-refractivity contribution in [3.05, 3.63) is 41.0 Å². The van der Waals surface area contributed by atoms with Crippen LogP contribution < -0.4 is 0 Å². The van der Waals surface area contributed by atoms with E-state index in [1.165, 1.54) is 0 Å². The Bertz CT molecular complexity index is 785. The van der Waals surface area contributed by atoms with Crippen LogP contribution in [0, 0.1) is 0 Å². The van der Waals surface area contributed by atoms with Gasteiger partial charge in [0.05, 0.1) is 11.1 Å². The summed E-state index contributed by atoms with van der Waals surface area (Å²) in [6.07, 6.45) is 3.52. The van der Waals surface area contributed by atoms with Crippen LogP contribution in [0.2, 0.25) is 5.15 Å². The summed E-state index contributed by atoms with van der Waals surface area (Å²) in [7, 11) is 0. The van der Waals surface area contributed by atoms with E-state index in [-0.39, 0.29) is 5.91 Å². The molecule has 0 bridgehead atoms. The fourth-order valence-corrected chi connectivity index (χ4v) is 3.21. The zero-order chi connectivity index (χ0) is 17.8. The molecule has 1 aromatic heterocycles. The van der Waals surface area contributed by atoms with Gasteiger partial charge >= 0.3 is 5.97 Å². The lowest BCUT2D eigenvalue weighted by Crippen LogP contribution is -2.40. The Morgan fingerprint density at radius 1 is 1.12 bits per heavy atom. The SMILES string of the molecule is CC(OC(=O)c1ccc2nc(Cl)ccc2c1)C(=O)N1CCCCCC1. The Morgan fingerprint density at radius 2 is 1.84 bits per heavy atom. The van der Waals surface area contributed by atoms with Crippen molar-refractivity contribution in [1.82, 2.24) is 9.88 Å². The highest BCUT2D eigenvalue weighted by atomic mass is 35.5. The van der Waals surface area contributed by atoms with Crippen LogP contribution in [0.4, 0.5) is 0 Å². The summed E-state index contributed by atoms with van der Waals surface area (Å²) >= 11 is 5.87. The fourth-order valence-electron chi connectivity index (χ4n) is 3.05. The highest BCUT2D eigenvalue weighted by Crippen LogP contribution is 2.18. The molecule has 1 atom stereocenters. The van der Waals surface area contributed by atoms with Crippen LogP contribution in [0.15, 0.2) is 30.3 Å². The molecule has 1 saturated heterocycles. The summed E-state index contributed by atoms with van der Waals surface area (Å²) < 4.78 is 5.39. The number of ether oxygens (including phenoxy) is 1. The number of amides is 1. The lowest BCUT2D eigenvalue weighted by Gasteiger charge is -2.24. The van der Waals surface area contributed by atoms with Gasteiger partial charge in [0.1, 0.15) is 5.15 Å². The number of nitrogens with zero attached hydrogens (tertiary/aromatic N) is 2. The second-order valence-electron chi connectivity index (χ2n) is 6.33. The number of esters is 1. The van der Waals surface area contributed by atoms with Crippen LogP contribution in [0.25, 0.3) is 10.9 Å². The minimum Gasteiger partial charge on any atom is -0.449 e. The third-order valence-electron chi connectivity index (χ3n) is 4.44. The van der Waals surface area contributed by atoms with Gasteiger partial charge in [0.15, 0.2) is 6.10 Å². The van der Waals surface area contributed by atoms with Crippen molar-refractivity contribution in [2.45, 2.75) is 38.7 Å². The van der Waals surface area contributed by atoms with E-state index in [9.17, 15) is 9.59 Å². The summed E-state index contributed by atoms with van der Waals surface area (Å²) in [5, 5.41) is 1.20. The largest absolute Gasteiger partial charge is 0.449 e. The minimum atomic E-state index is -0.787. The molecule has 0 N–H and O–H groups in total. The fraction of sp³-hybridized carbons (Fsp3) is 0.421. The van der Waals surface area contributed by atoms with Gasteiger partial charge in [-0.1, -0.05) is 24.4 Å². The van der Waals surface area contributed by atoms with Crippen LogP contribution in [0.5, 0.6) is 0 Å². The van der Waals surface area contributed by atoms with E-state index in [1.54, 1.807) is 42.2 Å². The van der Waals surface area contributed by atoms with Crippen molar-refractivity contribution < 1.29 is 14.3 Å². The van der Waals surface area contributed by atoms with E-state index < -0.39 is 12.1 Å². The molecule has 1 amide bonds. The molecular formula is C19H21ClN2O3. The number of pyridine rings is 1.